The lowest BCUT2D eigenvalue weighted by atomic mass is 9.95. The fourth-order valence-corrected chi connectivity index (χ4v) is 6.27. The summed E-state index contributed by atoms with van der Waals surface area (Å²) < 4.78 is 65.9. The Kier molecular flexibility index (Phi) is 6.88. The molecule has 2 atom stereocenters. The molecule has 3 aliphatic heterocycles. The fraction of sp³-hybridized carbons (Fsp3) is 0.500. The van der Waals surface area contributed by atoms with E-state index in [0.717, 1.165) is 31.0 Å². The molecule has 11 heteroatoms. The summed E-state index contributed by atoms with van der Waals surface area (Å²) in [6.45, 7) is 2.42. The van der Waals surface area contributed by atoms with Gasteiger partial charge in [0, 0.05) is 43.6 Å². The van der Waals surface area contributed by atoms with Gasteiger partial charge in [0.25, 0.3) is 0 Å². The third-order valence-corrected chi connectivity index (χ3v) is 8.07. The van der Waals surface area contributed by atoms with Crippen LogP contribution in [0.1, 0.15) is 30.5 Å². The second kappa shape index (κ2) is 10.3. The van der Waals surface area contributed by atoms with Crippen LogP contribution in [0.25, 0.3) is 10.8 Å². The molecule has 0 amide bonds. The van der Waals surface area contributed by atoms with E-state index in [0.29, 0.717) is 67.5 Å². The van der Waals surface area contributed by atoms with Gasteiger partial charge in [-0.25, -0.2) is 13.2 Å². The van der Waals surface area contributed by atoms with Crippen LogP contribution >= 0.6 is 0 Å². The minimum absolute atomic E-state index is 0.0185. The van der Waals surface area contributed by atoms with Gasteiger partial charge in [-0.1, -0.05) is 6.07 Å². The van der Waals surface area contributed by atoms with Crippen molar-refractivity contribution < 1.29 is 32.1 Å². The Hall–Kier alpha value is -3.31. The first-order chi connectivity index (χ1) is 18.9. The van der Waals surface area contributed by atoms with Crippen molar-refractivity contribution in [3.05, 3.63) is 47.2 Å². The number of aromatic nitrogens is 2. The van der Waals surface area contributed by atoms with Crippen molar-refractivity contribution in [2.45, 2.75) is 43.9 Å². The molecule has 0 saturated carbocycles. The maximum Gasteiger partial charge on any atom is 0.320 e. The molecule has 3 aliphatic rings. The Morgan fingerprint density at radius 2 is 1.97 bits per heavy atom. The van der Waals surface area contributed by atoms with Crippen molar-refractivity contribution in [2.24, 2.45) is 0 Å². The lowest BCUT2D eigenvalue weighted by Crippen LogP contribution is -2.43. The molecule has 0 N–H and O–H groups in total. The van der Waals surface area contributed by atoms with Crippen LogP contribution in [-0.4, -0.2) is 73.8 Å². The summed E-state index contributed by atoms with van der Waals surface area (Å²) in [4.78, 5) is 13.3. The number of benzene rings is 2. The van der Waals surface area contributed by atoms with Crippen LogP contribution in [0, 0.1) is 11.6 Å². The second-order valence-corrected chi connectivity index (χ2v) is 10.4. The molecule has 6 rings (SSSR count). The molecule has 208 valence electrons. The number of ether oxygens (including phenoxy) is 4. The zero-order chi connectivity index (χ0) is 27.1. The van der Waals surface area contributed by atoms with Crippen LogP contribution in [0.15, 0.2) is 24.3 Å². The summed E-state index contributed by atoms with van der Waals surface area (Å²) >= 11 is 0. The standard InChI is InChI=1S/C28H31F3N4O4/c1-36-16-39-19-10-17-4-5-21(30)25(31)24(17)23(11-19)34-9-6-20-22(14-34)32-27(33-26(20)37-2)38-15-28-7-3-8-35(28)13-18(29)12-28/h4-5,10-11,18H,3,6-9,12-16H2,1-2H3/t18-,28+/m1/s1. The van der Waals surface area contributed by atoms with Gasteiger partial charge in [0.15, 0.2) is 18.4 Å². The van der Waals surface area contributed by atoms with E-state index in [4.69, 9.17) is 23.9 Å². The minimum Gasteiger partial charge on any atom is -0.481 e. The van der Waals surface area contributed by atoms with E-state index in [2.05, 4.69) is 9.88 Å². The predicted molar refractivity (Wildman–Crippen MR) is 138 cm³/mol. The number of halogens is 3. The third-order valence-electron chi connectivity index (χ3n) is 8.07. The maximum atomic E-state index is 15.1. The molecular weight excluding hydrogens is 513 g/mol. The SMILES string of the molecule is COCOc1cc(N2CCc3c(nc(OC[C@@]45CCCN4C[C@H](F)C5)nc3OC)C2)c2c(F)c(F)ccc2c1. The first kappa shape index (κ1) is 25.9. The number of alkyl halides is 1. The molecule has 3 aromatic rings. The Morgan fingerprint density at radius 1 is 1.10 bits per heavy atom. The smallest absolute Gasteiger partial charge is 0.320 e. The summed E-state index contributed by atoms with van der Waals surface area (Å²) in [5.74, 6) is -0.943. The third kappa shape index (κ3) is 4.71. The summed E-state index contributed by atoms with van der Waals surface area (Å²) in [7, 11) is 3.06. The molecule has 2 fully saturated rings. The number of fused-ring (bicyclic) bond motifs is 3. The molecule has 4 heterocycles. The molecule has 39 heavy (non-hydrogen) atoms. The van der Waals surface area contributed by atoms with E-state index in [1.54, 1.807) is 19.2 Å². The molecule has 0 aliphatic carbocycles. The van der Waals surface area contributed by atoms with Crippen molar-refractivity contribution in [3.8, 4) is 17.6 Å². The highest BCUT2D eigenvalue weighted by molar-refractivity contribution is 5.96. The van der Waals surface area contributed by atoms with Crippen LogP contribution in [0.3, 0.4) is 0 Å². The molecule has 2 saturated heterocycles. The number of anilines is 1. The average Bonchev–Trinajstić information content (AvgIpc) is 3.47. The summed E-state index contributed by atoms with van der Waals surface area (Å²) in [6.07, 6.45) is 2.00. The van der Waals surface area contributed by atoms with Crippen molar-refractivity contribution in [2.75, 3.05) is 52.2 Å². The maximum absolute atomic E-state index is 15.1. The van der Waals surface area contributed by atoms with E-state index in [-0.39, 0.29) is 23.7 Å². The van der Waals surface area contributed by atoms with Gasteiger partial charge < -0.3 is 23.8 Å². The van der Waals surface area contributed by atoms with E-state index in [9.17, 15) is 8.78 Å². The fourth-order valence-electron chi connectivity index (χ4n) is 6.27. The van der Waals surface area contributed by atoms with E-state index in [1.165, 1.54) is 13.2 Å². The second-order valence-electron chi connectivity index (χ2n) is 10.4. The summed E-state index contributed by atoms with van der Waals surface area (Å²) in [5, 5.41) is 0.679. The Labute approximate surface area is 224 Å². The molecule has 1 aromatic heterocycles. The summed E-state index contributed by atoms with van der Waals surface area (Å²) in [6, 6.07) is 6.14. The van der Waals surface area contributed by atoms with E-state index in [1.807, 2.05) is 4.90 Å². The van der Waals surface area contributed by atoms with Crippen molar-refractivity contribution >= 4 is 16.5 Å². The van der Waals surface area contributed by atoms with Crippen LogP contribution in [0.5, 0.6) is 17.6 Å². The lowest BCUT2D eigenvalue weighted by molar-refractivity contribution is 0.0512. The van der Waals surface area contributed by atoms with E-state index >= 15 is 4.39 Å². The first-order valence-electron chi connectivity index (χ1n) is 13.1. The highest BCUT2D eigenvalue weighted by atomic mass is 19.2. The highest BCUT2D eigenvalue weighted by Crippen LogP contribution is 2.41. The number of methoxy groups -OCH3 is 2. The van der Waals surface area contributed by atoms with E-state index < -0.39 is 17.8 Å². The van der Waals surface area contributed by atoms with Gasteiger partial charge in [0.1, 0.15) is 18.5 Å². The van der Waals surface area contributed by atoms with Gasteiger partial charge >= 0.3 is 6.01 Å². The van der Waals surface area contributed by atoms with Crippen LogP contribution in [-0.2, 0) is 17.7 Å². The molecular formula is C28H31F3N4O4. The van der Waals surface area contributed by atoms with Gasteiger partial charge in [0.05, 0.1) is 30.6 Å². The quantitative estimate of drug-likeness (QED) is 0.386. The van der Waals surface area contributed by atoms with Crippen molar-refractivity contribution in [1.82, 2.24) is 14.9 Å². The molecule has 0 spiro atoms. The number of nitrogens with zero attached hydrogens (tertiary/aromatic N) is 4. The molecule has 8 nitrogen and oxygen atoms in total. The average molecular weight is 545 g/mol. The molecule has 2 aromatic carbocycles. The topological polar surface area (TPSA) is 69.2 Å². The largest absolute Gasteiger partial charge is 0.481 e. The zero-order valence-corrected chi connectivity index (χ0v) is 22.0. The van der Waals surface area contributed by atoms with Crippen LogP contribution in [0.4, 0.5) is 18.9 Å². The Morgan fingerprint density at radius 3 is 2.79 bits per heavy atom. The predicted octanol–water partition coefficient (Wildman–Crippen LogP) is 4.42. The molecule has 0 unspecified atom stereocenters. The van der Waals surface area contributed by atoms with Gasteiger partial charge in [-0.2, -0.15) is 9.97 Å². The van der Waals surface area contributed by atoms with Gasteiger partial charge in [-0.15, -0.1) is 0 Å². The lowest BCUT2D eigenvalue weighted by Gasteiger charge is -2.33. The van der Waals surface area contributed by atoms with Crippen molar-refractivity contribution in [3.63, 3.8) is 0 Å². The number of rotatable bonds is 8. The monoisotopic (exact) mass is 544 g/mol. The normalized spacial score (nSPS) is 22.7. The van der Waals surface area contributed by atoms with Crippen molar-refractivity contribution in [1.29, 1.82) is 0 Å². The van der Waals surface area contributed by atoms with Crippen LogP contribution in [0.2, 0.25) is 0 Å². The Balaban J connectivity index is 1.32. The summed E-state index contributed by atoms with van der Waals surface area (Å²) in [5.41, 5.74) is 1.67. The number of hydrogen-bond acceptors (Lipinski definition) is 8. The molecule has 0 radical (unpaired) electrons. The Bertz CT molecular complexity index is 1390. The first-order valence-corrected chi connectivity index (χ1v) is 13.1. The van der Waals surface area contributed by atoms with Gasteiger partial charge in [-0.3, -0.25) is 4.90 Å². The van der Waals surface area contributed by atoms with Crippen LogP contribution < -0.4 is 19.1 Å². The minimum atomic E-state index is -0.922. The zero-order valence-electron chi connectivity index (χ0n) is 22.0. The van der Waals surface area contributed by atoms with Gasteiger partial charge in [-0.05, 0) is 43.3 Å². The van der Waals surface area contributed by atoms with Gasteiger partial charge in [0.2, 0.25) is 5.88 Å². The highest BCUT2D eigenvalue weighted by Gasteiger charge is 2.49. The molecule has 0 bridgehead atoms. The number of hydrogen-bond donors (Lipinski definition) is 0.